The minimum Gasteiger partial charge on any atom is -0.449 e. The van der Waals surface area contributed by atoms with Crippen LogP contribution in [-0.2, 0) is 30.3 Å². The number of hydrogen-bond acceptors (Lipinski definition) is 6. The average molecular weight is 563 g/mol. The van der Waals surface area contributed by atoms with Gasteiger partial charge in [-0.15, -0.1) is 0 Å². The molecular formula is C36H38N2O4. The monoisotopic (exact) mass is 562 g/mol. The Labute approximate surface area is 248 Å². The van der Waals surface area contributed by atoms with Gasteiger partial charge in [-0.3, -0.25) is 0 Å². The fraction of sp³-hybridized carbons (Fsp3) is 0.222. The summed E-state index contributed by atoms with van der Waals surface area (Å²) in [5.41, 5.74) is 16.1. The molecule has 0 aliphatic heterocycles. The Morgan fingerprint density at radius 2 is 0.881 bits per heavy atom. The van der Waals surface area contributed by atoms with Gasteiger partial charge < -0.3 is 20.9 Å². The number of esters is 2. The number of rotatable bonds is 10. The molecule has 0 aromatic heterocycles. The van der Waals surface area contributed by atoms with Crippen molar-refractivity contribution in [3.63, 3.8) is 0 Å². The maximum Gasteiger partial charge on any atom is 0.331 e. The molecule has 6 nitrogen and oxygen atoms in total. The van der Waals surface area contributed by atoms with Gasteiger partial charge in [0, 0.05) is 12.2 Å². The Kier molecular flexibility index (Phi) is 9.41. The zero-order chi connectivity index (χ0) is 30.3. The van der Waals surface area contributed by atoms with Gasteiger partial charge in [0.15, 0.2) is 11.2 Å². The third kappa shape index (κ3) is 6.85. The van der Waals surface area contributed by atoms with Gasteiger partial charge in [-0.2, -0.15) is 0 Å². The van der Waals surface area contributed by atoms with E-state index in [2.05, 4.69) is 0 Å². The predicted octanol–water partition coefficient (Wildman–Crippen LogP) is 6.48. The lowest BCUT2D eigenvalue weighted by Gasteiger charge is -2.36. The molecule has 0 aliphatic rings. The third-order valence-corrected chi connectivity index (χ3v) is 7.73. The molecule has 0 radical (unpaired) electrons. The summed E-state index contributed by atoms with van der Waals surface area (Å²) in [6, 6.07) is 32.9. The lowest BCUT2D eigenvalue weighted by atomic mass is 9.84. The van der Waals surface area contributed by atoms with Crippen LogP contribution in [0.3, 0.4) is 0 Å². The molecular weight excluding hydrogens is 524 g/mol. The maximum atomic E-state index is 13.2. The largest absolute Gasteiger partial charge is 0.449 e. The molecule has 4 N–H and O–H groups in total. The number of benzene rings is 4. The minimum absolute atomic E-state index is 0.667. The van der Waals surface area contributed by atoms with E-state index in [1.165, 1.54) is 0 Å². The SMILES string of the molecule is Cc1ccc(C(C)(OC(=O)/C=C\C(=O)OC(C)(c2ccc(C)cc2)C(N)c2ccccc2)C(N)c2ccccc2)cc1. The summed E-state index contributed by atoms with van der Waals surface area (Å²) in [6.07, 6.45) is 2.13. The van der Waals surface area contributed by atoms with Gasteiger partial charge in [-0.1, -0.05) is 120 Å². The molecule has 4 aromatic carbocycles. The number of aryl methyl sites for hydroxylation is 2. The molecule has 0 amide bonds. The molecule has 4 aromatic rings. The molecule has 0 saturated heterocycles. The normalized spacial score (nSPS) is 15.7. The number of ether oxygens (including phenoxy) is 2. The van der Waals surface area contributed by atoms with Crippen molar-refractivity contribution in [2.45, 2.75) is 51.0 Å². The molecule has 0 aliphatic carbocycles. The van der Waals surface area contributed by atoms with E-state index in [1.807, 2.05) is 123 Å². The summed E-state index contributed by atoms with van der Waals surface area (Å²) < 4.78 is 12.0. The summed E-state index contributed by atoms with van der Waals surface area (Å²) in [6.45, 7) is 7.50. The molecule has 6 heteroatoms. The highest BCUT2D eigenvalue weighted by atomic mass is 16.6. The molecule has 0 bridgehead atoms. The zero-order valence-corrected chi connectivity index (χ0v) is 24.5. The van der Waals surface area contributed by atoms with Crippen molar-refractivity contribution in [1.29, 1.82) is 0 Å². The van der Waals surface area contributed by atoms with E-state index < -0.39 is 35.2 Å². The predicted molar refractivity (Wildman–Crippen MR) is 165 cm³/mol. The van der Waals surface area contributed by atoms with Gasteiger partial charge in [-0.05, 0) is 49.9 Å². The van der Waals surface area contributed by atoms with Gasteiger partial charge in [0.05, 0.1) is 12.1 Å². The number of nitrogens with two attached hydrogens (primary N) is 2. The van der Waals surface area contributed by atoms with Gasteiger partial charge in [-0.25, -0.2) is 9.59 Å². The molecule has 216 valence electrons. The van der Waals surface area contributed by atoms with Crippen LogP contribution < -0.4 is 11.5 Å². The number of hydrogen-bond donors (Lipinski definition) is 2. The highest BCUT2D eigenvalue weighted by Crippen LogP contribution is 2.39. The van der Waals surface area contributed by atoms with Crippen molar-refractivity contribution >= 4 is 11.9 Å². The number of carbonyl (C=O) groups excluding carboxylic acids is 2. The molecule has 4 rings (SSSR count). The van der Waals surface area contributed by atoms with Crippen molar-refractivity contribution < 1.29 is 19.1 Å². The van der Waals surface area contributed by atoms with Crippen LogP contribution in [-0.4, -0.2) is 11.9 Å². The minimum atomic E-state index is -1.22. The van der Waals surface area contributed by atoms with E-state index in [4.69, 9.17) is 20.9 Å². The quantitative estimate of drug-likeness (QED) is 0.169. The molecule has 0 heterocycles. The van der Waals surface area contributed by atoms with E-state index in [-0.39, 0.29) is 0 Å². The van der Waals surface area contributed by atoms with Crippen molar-refractivity contribution in [1.82, 2.24) is 0 Å². The Balaban J connectivity index is 1.58. The molecule has 42 heavy (non-hydrogen) atoms. The Morgan fingerprint density at radius 1 is 0.571 bits per heavy atom. The molecule has 0 spiro atoms. The van der Waals surface area contributed by atoms with Crippen molar-refractivity contribution in [3.8, 4) is 0 Å². The van der Waals surface area contributed by atoms with Crippen LogP contribution >= 0.6 is 0 Å². The van der Waals surface area contributed by atoms with Crippen LogP contribution in [0.2, 0.25) is 0 Å². The fourth-order valence-electron chi connectivity index (χ4n) is 4.95. The lowest BCUT2D eigenvalue weighted by molar-refractivity contribution is -0.158. The lowest BCUT2D eigenvalue weighted by Crippen LogP contribution is -2.40. The molecule has 4 unspecified atom stereocenters. The first-order valence-corrected chi connectivity index (χ1v) is 13.9. The zero-order valence-electron chi connectivity index (χ0n) is 24.5. The summed E-state index contributed by atoms with van der Waals surface area (Å²) in [5.74, 6) is -1.46. The summed E-state index contributed by atoms with van der Waals surface area (Å²) in [4.78, 5) is 26.3. The van der Waals surface area contributed by atoms with E-state index in [9.17, 15) is 9.59 Å². The third-order valence-electron chi connectivity index (χ3n) is 7.73. The van der Waals surface area contributed by atoms with Crippen LogP contribution in [0.1, 0.15) is 59.3 Å². The Bertz CT molecular complexity index is 1400. The fourth-order valence-corrected chi connectivity index (χ4v) is 4.95. The summed E-state index contributed by atoms with van der Waals surface area (Å²) in [7, 11) is 0. The first kappa shape index (κ1) is 30.4. The van der Waals surface area contributed by atoms with Crippen LogP contribution in [0.15, 0.2) is 121 Å². The van der Waals surface area contributed by atoms with Gasteiger partial charge in [0.1, 0.15) is 0 Å². The van der Waals surface area contributed by atoms with Gasteiger partial charge in [0.2, 0.25) is 0 Å². The number of carbonyl (C=O) groups is 2. The van der Waals surface area contributed by atoms with Gasteiger partial charge in [0.25, 0.3) is 0 Å². The van der Waals surface area contributed by atoms with E-state index in [1.54, 1.807) is 13.8 Å². The highest BCUT2D eigenvalue weighted by molar-refractivity contribution is 5.92. The highest BCUT2D eigenvalue weighted by Gasteiger charge is 2.40. The molecule has 4 atom stereocenters. The second-order valence-electron chi connectivity index (χ2n) is 10.9. The molecule has 0 fully saturated rings. The molecule has 0 saturated carbocycles. The van der Waals surface area contributed by atoms with E-state index >= 15 is 0 Å². The van der Waals surface area contributed by atoms with Crippen molar-refractivity contribution in [3.05, 3.63) is 155 Å². The first-order valence-electron chi connectivity index (χ1n) is 13.9. The van der Waals surface area contributed by atoms with Crippen LogP contribution in [0.25, 0.3) is 0 Å². The topological polar surface area (TPSA) is 105 Å². The summed E-state index contributed by atoms with van der Waals surface area (Å²) >= 11 is 0. The second kappa shape index (κ2) is 13.0. The van der Waals surface area contributed by atoms with E-state index in [0.29, 0.717) is 0 Å². The maximum absolute atomic E-state index is 13.2. The van der Waals surface area contributed by atoms with Crippen LogP contribution in [0.5, 0.6) is 0 Å². The van der Waals surface area contributed by atoms with Crippen LogP contribution in [0.4, 0.5) is 0 Å². The van der Waals surface area contributed by atoms with Crippen molar-refractivity contribution in [2.75, 3.05) is 0 Å². The first-order chi connectivity index (χ1) is 20.0. The van der Waals surface area contributed by atoms with Gasteiger partial charge >= 0.3 is 11.9 Å². The van der Waals surface area contributed by atoms with E-state index in [0.717, 1.165) is 45.5 Å². The Hall–Kier alpha value is -4.52. The van der Waals surface area contributed by atoms with Crippen molar-refractivity contribution in [2.24, 2.45) is 11.5 Å². The summed E-state index contributed by atoms with van der Waals surface area (Å²) in [5, 5.41) is 0. The smallest absolute Gasteiger partial charge is 0.331 e. The average Bonchev–Trinajstić information content (AvgIpc) is 3.00. The van der Waals surface area contributed by atoms with Crippen LogP contribution in [0, 0.1) is 13.8 Å². The second-order valence-corrected chi connectivity index (χ2v) is 10.9. The standard InChI is InChI=1S/C36H38N2O4/c1-25-15-19-29(20-16-25)35(3,33(37)27-11-7-5-8-12-27)41-31(39)23-24-32(40)42-36(4,30-21-17-26(2)18-22-30)34(38)28-13-9-6-10-14-28/h5-24,33-34H,37-38H2,1-4H3/b24-23-. The Morgan fingerprint density at radius 3 is 1.19 bits per heavy atom.